The van der Waals surface area contributed by atoms with Crippen molar-refractivity contribution in [2.75, 3.05) is 20.7 Å². The number of likely N-dealkylation sites (N-methyl/N-ethyl adjacent to an activating group) is 1. The van der Waals surface area contributed by atoms with E-state index in [9.17, 15) is 9.59 Å². The van der Waals surface area contributed by atoms with Gasteiger partial charge in [0.05, 0.1) is 5.39 Å². The van der Waals surface area contributed by atoms with Crippen molar-refractivity contribution in [3.63, 3.8) is 0 Å². The average molecular weight is 315 g/mol. The Hall–Kier alpha value is -2.30. The first kappa shape index (κ1) is 15.6. The van der Waals surface area contributed by atoms with E-state index < -0.39 is 0 Å². The largest absolute Gasteiger partial charge is 0.483 e. The number of hydrogen-bond acceptors (Lipinski definition) is 4. The van der Waals surface area contributed by atoms with Crippen LogP contribution in [0.4, 0.5) is 0 Å². The molecule has 1 aromatic heterocycles. The van der Waals surface area contributed by atoms with E-state index in [2.05, 4.69) is 0 Å². The van der Waals surface area contributed by atoms with Crippen molar-refractivity contribution in [1.82, 2.24) is 4.90 Å². The van der Waals surface area contributed by atoms with E-state index in [-0.39, 0.29) is 18.1 Å². The zero-order chi connectivity index (χ0) is 16.6. The number of carbonyl (C=O) groups is 1. The van der Waals surface area contributed by atoms with Crippen LogP contribution in [-0.4, -0.2) is 31.5 Å². The highest BCUT2D eigenvalue weighted by molar-refractivity contribution is 5.89. The fourth-order valence-corrected chi connectivity index (χ4v) is 3.05. The third-order valence-electron chi connectivity index (χ3n) is 4.28. The zero-order valence-corrected chi connectivity index (χ0v) is 13.8. The second kappa shape index (κ2) is 6.07. The van der Waals surface area contributed by atoms with Gasteiger partial charge in [-0.2, -0.15) is 0 Å². The first-order valence-electron chi connectivity index (χ1n) is 7.89. The van der Waals surface area contributed by atoms with Crippen LogP contribution in [0.15, 0.2) is 21.3 Å². The number of carbonyl (C=O) groups excluding carboxylic acids is 1. The number of ether oxygens (including phenoxy) is 1. The number of hydrogen-bond donors (Lipinski definition) is 0. The van der Waals surface area contributed by atoms with Crippen molar-refractivity contribution in [3.05, 3.63) is 39.2 Å². The molecule has 122 valence electrons. The number of amides is 1. The molecule has 0 radical (unpaired) electrons. The van der Waals surface area contributed by atoms with Gasteiger partial charge in [-0.05, 0) is 55.9 Å². The monoisotopic (exact) mass is 315 g/mol. The van der Waals surface area contributed by atoms with Gasteiger partial charge in [-0.3, -0.25) is 4.79 Å². The standard InChI is InChI=1S/C18H21NO4/c1-11-8-14(22-10-16(20)19(2)3)17-12-6-4-5-7-13(12)18(21)23-15(17)9-11/h8-9H,4-7,10H2,1-3H3. The summed E-state index contributed by atoms with van der Waals surface area (Å²) in [5.74, 6) is 0.517. The number of rotatable bonds is 3. The Balaban J connectivity index is 2.13. The Bertz CT molecular complexity index is 820. The molecule has 0 atom stereocenters. The van der Waals surface area contributed by atoms with E-state index in [1.54, 1.807) is 14.1 Å². The maximum absolute atomic E-state index is 12.2. The van der Waals surface area contributed by atoms with Crippen molar-refractivity contribution in [2.45, 2.75) is 32.6 Å². The maximum atomic E-state index is 12.2. The molecule has 0 N–H and O–H groups in total. The van der Waals surface area contributed by atoms with Gasteiger partial charge in [-0.15, -0.1) is 0 Å². The Labute approximate surface area is 134 Å². The van der Waals surface area contributed by atoms with E-state index in [0.29, 0.717) is 11.3 Å². The number of benzene rings is 1. The molecule has 0 unspecified atom stereocenters. The normalized spacial score (nSPS) is 13.7. The highest BCUT2D eigenvalue weighted by atomic mass is 16.5. The van der Waals surface area contributed by atoms with E-state index in [4.69, 9.17) is 9.15 Å². The molecule has 0 aliphatic heterocycles. The van der Waals surface area contributed by atoms with E-state index in [0.717, 1.165) is 47.8 Å². The summed E-state index contributed by atoms with van der Waals surface area (Å²) in [7, 11) is 3.39. The van der Waals surface area contributed by atoms with Gasteiger partial charge in [0.2, 0.25) is 0 Å². The van der Waals surface area contributed by atoms with Crippen molar-refractivity contribution in [1.29, 1.82) is 0 Å². The molecule has 5 heteroatoms. The second-order valence-electron chi connectivity index (χ2n) is 6.27. The van der Waals surface area contributed by atoms with Gasteiger partial charge < -0.3 is 14.1 Å². The molecule has 1 aliphatic carbocycles. The minimum atomic E-state index is -0.242. The lowest BCUT2D eigenvalue weighted by molar-refractivity contribution is -0.130. The lowest BCUT2D eigenvalue weighted by atomic mass is 9.90. The molecule has 2 aromatic rings. The minimum absolute atomic E-state index is 0.0283. The molecule has 1 heterocycles. The highest BCUT2D eigenvalue weighted by Gasteiger charge is 2.21. The Morgan fingerprint density at radius 3 is 2.61 bits per heavy atom. The van der Waals surface area contributed by atoms with Crippen LogP contribution in [0.5, 0.6) is 5.75 Å². The fraction of sp³-hybridized carbons (Fsp3) is 0.444. The van der Waals surface area contributed by atoms with Crippen LogP contribution in [0, 0.1) is 6.92 Å². The highest BCUT2D eigenvalue weighted by Crippen LogP contribution is 2.34. The van der Waals surface area contributed by atoms with E-state index >= 15 is 0 Å². The molecule has 0 saturated carbocycles. The summed E-state index contributed by atoms with van der Waals surface area (Å²) in [5.41, 5.74) is 3.02. The van der Waals surface area contributed by atoms with Crippen LogP contribution in [0.1, 0.15) is 29.5 Å². The number of aryl methyl sites for hydroxylation is 2. The molecule has 3 rings (SSSR count). The summed E-state index contributed by atoms with van der Waals surface area (Å²) < 4.78 is 11.3. The maximum Gasteiger partial charge on any atom is 0.339 e. The topological polar surface area (TPSA) is 59.8 Å². The molecular weight excluding hydrogens is 294 g/mol. The smallest absolute Gasteiger partial charge is 0.339 e. The van der Waals surface area contributed by atoms with Crippen LogP contribution in [-0.2, 0) is 17.6 Å². The van der Waals surface area contributed by atoms with Crippen molar-refractivity contribution in [3.8, 4) is 5.75 Å². The van der Waals surface area contributed by atoms with Gasteiger partial charge in [0.15, 0.2) is 6.61 Å². The lowest BCUT2D eigenvalue weighted by Gasteiger charge is -2.19. The quantitative estimate of drug-likeness (QED) is 0.816. The molecule has 23 heavy (non-hydrogen) atoms. The lowest BCUT2D eigenvalue weighted by Crippen LogP contribution is -2.27. The van der Waals surface area contributed by atoms with Crippen molar-refractivity contribution < 1.29 is 13.9 Å². The summed E-state index contributed by atoms with van der Waals surface area (Å²) >= 11 is 0. The summed E-state index contributed by atoms with van der Waals surface area (Å²) in [5, 5.41) is 0.844. The molecule has 1 aromatic carbocycles. The first-order chi connectivity index (χ1) is 11.0. The van der Waals surface area contributed by atoms with Gasteiger partial charge in [0, 0.05) is 19.7 Å². The van der Waals surface area contributed by atoms with E-state index in [1.165, 1.54) is 4.90 Å². The Morgan fingerprint density at radius 2 is 1.91 bits per heavy atom. The predicted octanol–water partition coefficient (Wildman–Crippen LogP) is 2.45. The second-order valence-corrected chi connectivity index (χ2v) is 6.27. The van der Waals surface area contributed by atoms with Crippen LogP contribution in [0.25, 0.3) is 11.0 Å². The summed E-state index contributed by atoms with van der Waals surface area (Å²) in [4.78, 5) is 25.5. The summed E-state index contributed by atoms with van der Waals surface area (Å²) in [6.07, 6.45) is 3.65. The number of nitrogens with zero attached hydrogens (tertiary/aromatic N) is 1. The third-order valence-corrected chi connectivity index (χ3v) is 4.28. The molecule has 0 fully saturated rings. The zero-order valence-electron chi connectivity index (χ0n) is 13.8. The molecule has 5 nitrogen and oxygen atoms in total. The Kier molecular flexibility index (Phi) is 4.11. The fourth-order valence-electron chi connectivity index (χ4n) is 3.05. The summed E-state index contributed by atoms with van der Waals surface area (Å²) in [6, 6.07) is 3.76. The number of fused-ring (bicyclic) bond motifs is 3. The third kappa shape index (κ3) is 2.96. The van der Waals surface area contributed by atoms with Crippen molar-refractivity contribution in [2.24, 2.45) is 0 Å². The molecular formula is C18H21NO4. The van der Waals surface area contributed by atoms with Crippen LogP contribution in [0.2, 0.25) is 0 Å². The van der Waals surface area contributed by atoms with Crippen LogP contribution in [0.3, 0.4) is 0 Å². The van der Waals surface area contributed by atoms with Crippen LogP contribution < -0.4 is 10.4 Å². The van der Waals surface area contributed by atoms with Gasteiger partial charge >= 0.3 is 5.63 Å². The first-order valence-corrected chi connectivity index (χ1v) is 7.89. The molecule has 1 amide bonds. The van der Waals surface area contributed by atoms with Gasteiger partial charge in [-0.1, -0.05) is 0 Å². The molecule has 0 bridgehead atoms. The van der Waals surface area contributed by atoms with Gasteiger partial charge in [-0.25, -0.2) is 4.79 Å². The van der Waals surface area contributed by atoms with Crippen LogP contribution >= 0.6 is 0 Å². The Morgan fingerprint density at radius 1 is 1.22 bits per heavy atom. The molecule has 0 saturated heterocycles. The van der Waals surface area contributed by atoms with Crippen molar-refractivity contribution >= 4 is 16.9 Å². The van der Waals surface area contributed by atoms with Gasteiger partial charge in [0.25, 0.3) is 5.91 Å². The van der Waals surface area contributed by atoms with E-state index in [1.807, 2.05) is 19.1 Å². The SMILES string of the molecule is Cc1cc(OCC(=O)N(C)C)c2c3c(c(=O)oc2c1)CCCC3. The summed E-state index contributed by atoms with van der Waals surface area (Å²) in [6.45, 7) is 1.89. The predicted molar refractivity (Wildman–Crippen MR) is 88.1 cm³/mol. The minimum Gasteiger partial charge on any atom is -0.483 e. The molecule has 1 aliphatic rings. The average Bonchev–Trinajstić information content (AvgIpc) is 2.51. The molecule has 0 spiro atoms. The van der Waals surface area contributed by atoms with Gasteiger partial charge in [0.1, 0.15) is 11.3 Å².